The molecular weight excluding hydrogens is 430 g/mol. The Hall–Kier alpha value is -1.69. The molecular formula is C24H31NO6S. The van der Waals surface area contributed by atoms with Crippen LogP contribution < -0.4 is 0 Å². The number of thiocyanates is 1. The lowest BCUT2D eigenvalue weighted by Crippen LogP contribution is -2.70. The van der Waals surface area contributed by atoms with Gasteiger partial charge in [0.15, 0.2) is 12.4 Å². The average molecular weight is 462 g/mol. The van der Waals surface area contributed by atoms with Gasteiger partial charge in [0.2, 0.25) is 5.78 Å². The summed E-state index contributed by atoms with van der Waals surface area (Å²) in [4.78, 5) is 36.4. The Kier molecular flexibility index (Phi) is 5.63. The molecule has 32 heavy (non-hydrogen) atoms. The van der Waals surface area contributed by atoms with Crippen LogP contribution in [0, 0.1) is 33.3 Å². The van der Waals surface area contributed by atoms with Crippen molar-refractivity contribution in [3.63, 3.8) is 0 Å². The van der Waals surface area contributed by atoms with E-state index in [1.54, 1.807) is 6.08 Å². The van der Waals surface area contributed by atoms with Gasteiger partial charge in [-0.1, -0.05) is 19.4 Å². The number of ether oxygens (including phenoxy) is 1. The highest BCUT2D eigenvalue weighted by Gasteiger charge is 2.74. The molecule has 0 saturated heterocycles. The average Bonchev–Trinajstić information content (AvgIpc) is 2.99. The largest absolute Gasteiger partial charge is 0.458 e. The highest BCUT2D eigenvalue weighted by molar-refractivity contribution is 8.05. The van der Waals surface area contributed by atoms with Gasteiger partial charge in [-0.25, -0.2) is 0 Å². The smallest absolute Gasteiger partial charge is 0.303 e. The second kappa shape index (κ2) is 7.68. The number of thioether (sulfide) groups is 1. The lowest BCUT2D eigenvalue weighted by atomic mass is 9.44. The lowest BCUT2D eigenvalue weighted by molar-refractivity contribution is -0.178. The van der Waals surface area contributed by atoms with Crippen LogP contribution in [0.1, 0.15) is 65.7 Å². The topological polar surface area (TPSA) is 125 Å². The van der Waals surface area contributed by atoms with Gasteiger partial charge in [-0.15, -0.1) is 0 Å². The fraction of sp³-hybridized carbons (Fsp3) is 0.750. The molecule has 0 aliphatic heterocycles. The molecule has 7 unspecified atom stereocenters. The quantitative estimate of drug-likeness (QED) is 0.484. The predicted molar refractivity (Wildman–Crippen MR) is 117 cm³/mol. The van der Waals surface area contributed by atoms with Gasteiger partial charge in [-0.05, 0) is 68.2 Å². The van der Waals surface area contributed by atoms with Crippen LogP contribution in [0.15, 0.2) is 11.6 Å². The number of esters is 1. The van der Waals surface area contributed by atoms with Crippen molar-refractivity contribution in [2.75, 3.05) is 6.61 Å². The summed E-state index contributed by atoms with van der Waals surface area (Å²) >= 11 is 1.12. The third-order valence-electron chi connectivity index (χ3n) is 9.31. The minimum atomic E-state index is -1.70. The van der Waals surface area contributed by atoms with E-state index in [4.69, 9.17) is 4.74 Å². The van der Waals surface area contributed by atoms with Crippen LogP contribution in [-0.4, -0.2) is 50.8 Å². The fourth-order valence-corrected chi connectivity index (χ4v) is 8.94. The molecule has 174 valence electrons. The Bertz CT molecular complexity index is 941. The van der Waals surface area contributed by atoms with Crippen molar-refractivity contribution < 1.29 is 29.3 Å². The van der Waals surface area contributed by atoms with E-state index < -0.39 is 45.6 Å². The summed E-state index contributed by atoms with van der Waals surface area (Å²) in [5.74, 6) is -1.19. The summed E-state index contributed by atoms with van der Waals surface area (Å²) < 4.78 is 4.09. The van der Waals surface area contributed by atoms with E-state index in [9.17, 15) is 29.9 Å². The molecule has 0 heterocycles. The number of carbonyl (C=O) groups excluding carboxylic acids is 3. The maximum Gasteiger partial charge on any atom is 0.303 e. The van der Waals surface area contributed by atoms with Crippen LogP contribution in [0.25, 0.3) is 0 Å². The molecule has 2 N–H and O–H groups in total. The van der Waals surface area contributed by atoms with Crippen LogP contribution in [-0.2, 0) is 19.1 Å². The number of nitrogens with zero attached hydrogens (tertiary/aromatic N) is 1. The summed E-state index contributed by atoms with van der Waals surface area (Å²) in [6, 6.07) is 0. The van der Waals surface area contributed by atoms with Gasteiger partial charge in [0, 0.05) is 24.2 Å². The second-order valence-electron chi connectivity index (χ2n) is 10.4. The van der Waals surface area contributed by atoms with E-state index in [2.05, 4.69) is 12.3 Å². The molecule has 3 saturated carbocycles. The molecule has 4 aliphatic carbocycles. The number of carbonyl (C=O) groups is 3. The van der Waals surface area contributed by atoms with Crippen molar-refractivity contribution in [3.8, 4) is 5.40 Å². The molecule has 0 amide bonds. The SMILES string of the molecule is CC(=O)OCC(=O)C1(O)CCC2C3CCC4=CC(=O)CCC4(C)C3(SC#N)C(O)CC21C. The first-order valence-corrected chi connectivity index (χ1v) is 12.2. The number of allylic oxidation sites excluding steroid dienone is 1. The van der Waals surface area contributed by atoms with Gasteiger partial charge in [0.05, 0.1) is 10.9 Å². The van der Waals surface area contributed by atoms with Crippen molar-refractivity contribution in [2.24, 2.45) is 22.7 Å². The Balaban J connectivity index is 1.77. The number of hydrogen-bond acceptors (Lipinski definition) is 8. The van der Waals surface area contributed by atoms with Crippen molar-refractivity contribution in [3.05, 3.63) is 11.6 Å². The molecule has 3 fully saturated rings. The molecule has 8 heteroatoms. The number of nitriles is 1. The van der Waals surface area contributed by atoms with Gasteiger partial charge in [0.1, 0.15) is 11.0 Å². The van der Waals surface area contributed by atoms with Crippen LogP contribution in [0.2, 0.25) is 0 Å². The standard InChI is InChI=1S/C24H31NO6S/c1-14(26)31-12-20(29)23(30)9-7-17-18-5-4-15-10-16(27)6-8-21(15,2)24(18,32-13-25)19(28)11-22(17,23)3/h10,17-19,28,30H,4-9,11-12H2,1-3H3. The Morgan fingerprint density at radius 1 is 1.25 bits per heavy atom. The minimum absolute atomic E-state index is 0.0750. The predicted octanol–water partition coefficient (Wildman–Crippen LogP) is 2.69. The number of Topliss-reactive ketones (excluding diaryl/α,β-unsaturated/α-hetero) is 1. The van der Waals surface area contributed by atoms with Gasteiger partial charge in [-0.2, -0.15) is 5.26 Å². The van der Waals surface area contributed by atoms with Gasteiger partial charge in [-0.3, -0.25) is 14.4 Å². The minimum Gasteiger partial charge on any atom is -0.458 e. The summed E-state index contributed by atoms with van der Waals surface area (Å²) in [6.45, 7) is 4.66. The molecule has 0 spiro atoms. The number of rotatable bonds is 4. The third kappa shape index (κ3) is 2.90. The van der Waals surface area contributed by atoms with Crippen LogP contribution >= 0.6 is 11.8 Å². The third-order valence-corrected chi connectivity index (χ3v) is 10.8. The molecule has 0 aromatic rings. The number of ketones is 2. The zero-order chi connectivity index (χ0) is 23.5. The first kappa shape index (κ1) is 23.5. The zero-order valence-electron chi connectivity index (χ0n) is 18.8. The lowest BCUT2D eigenvalue weighted by Gasteiger charge is -2.66. The summed E-state index contributed by atoms with van der Waals surface area (Å²) in [6.07, 6.45) is 4.15. The normalized spacial score (nSPS) is 45.1. The molecule has 0 radical (unpaired) electrons. The number of aliphatic hydroxyl groups excluding tert-OH is 1. The number of hydrogen-bond donors (Lipinski definition) is 2. The van der Waals surface area contributed by atoms with Crippen LogP contribution in [0.5, 0.6) is 0 Å². The zero-order valence-corrected chi connectivity index (χ0v) is 19.7. The highest BCUT2D eigenvalue weighted by Crippen LogP contribution is 2.72. The molecule has 0 aromatic carbocycles. The Morgan fingerprint density at radius 3 is 2.62 bits per heavy atom. The first-order chi connectivity index (χ1) is 15.0. The Morgan fingerprint density at radius 2 is 1.97 bits per heavy atom. The van der Waals surface area contributed by atoms with E-state index in [0.29, 0.717) is 32.1 Å². The van der Waals surface area contributed by atoms with Gasteiger partial charge >= 0.3 is 5.97 Å². The van der Waals surface area contributed by atoms with Crippen molar-refractivity contribution in [2.45, 2.75) is 82.2 Å². The number of aliphatic hydroxyl groups is 2. The summed E-state index contributed by atoms with van der Waals surface area (Å²) in [5.41, 5.74) is -2.09. The van der Waals surface area contributed by atoms with E-state index in [-0.39, 0.29) is 30.5 Å². The second-order valence-corrected chi connectivity index (χ2v) is 11.5. The molecule has 0 bridgehead atoms. The number of fused-ring (bicyclic) bond motifs is 5. The summed E-state index contributed by atoms with van der Waals surface area (Å²) in [5, 5.41) is 35.4. The highest BCUT2D eigenvalue weighted by atomic mass is 32.2. The maximum atomic E-state index is 13.0. The van der Waals surface area contributed by atoms with E-state index >= 15 is 0 Å². The summed E-state index contributed by atoms with van der Waals surface area (Å²) in [7, 11) is 0. The molecule has 4 aliphatic rings. The van der Waals surface area contributed by atoms with Crippen LogP contribution in [0.3, 0.4) is 0 Å². The van der Waals surface area contributed by atoms with E-state index in [1.165, 1.54) is 6.92 Å². The fourth-order valence-electron chi connectivity index (χ4n) is 7.67. The first-order valence-electron chi connectivity index (χ1n) is 11.3. The molecule has 4 rings (SSSR count). The Labute approximate surface area is 192 Å². The van der Waals surface area contributed by atoms with E-state index in [0.717, 1.165) is 17.3 Å². The molecule has 7 atom stereocenters. The van der Waals surface area contributed by atoms with Crippen molar-refractivity contribution in [1.29, 1.82) is 5.26 Å². The molecule has 0 aromatic heterocycles. The van der Waals surface area contributed by atoms with Crippen LogP contribution in [0.4, 0.5) is 0 Å². The van der Waals surface area contributed by atoms with E-state index in [1.807, 2.05) is 6.92 Å². The maximum absolute atomic E-state index is 13.0. The van der Waals surface area contributed by atoms with Crippen molar-refractivity contribution in [1.82, 2.24) is 0 Å². The van der Waals surface area contributed by atoms with Gasteiger partial charge < -0.3 is 14.9 Å². The monoisotopic (exact) mass is 461 g/mol. The molecule has 7 nitrogen and oxygen atoms in total. The van der Waals surface area contributed by atoms with Crippen molar-refractivity contribution >= 4 is 29.3 Å². The van der Waals surface area contributed by atoms with Gasteiger partial charge in [0.25, 0.3) is 0 Å².